The highest BCUT2D eigenvalue weighted by molar-refractivity contribution is 5.70. The number of hydrogen-bond donors (Lipinski definition) is 1. The Kier molecular flexibility index (Phi) is 5.39. The number of carboxylic acid groups (broad SMARTS) is 1. The SMILES string of the molecule is COc1ccc(C(c2ccccc2C)N2CCCC(C(=O)O)C2)cc1. The van der Waals surface area contributed by atoms with Crippen LogP contribution >= 0.6 is 0 Å². The molecule has 2 aromatic rings. The zero-order valence-corrected chi connectivity index (χ0v) is 14.8. The molecule has 4 heteroatoms. The van der Waals surface area contributed by atoms with E-state index in [1.807, 2.05) is 18.2 Å². The van der Waals surface area contributed by atoms with Crippen molar-refractivity contribution in [3.63, 3.8) is 0 Å². The van der Waals surface area contributed by atoms with Gasteiger partial charge >= 0.3 is 5.97 Å². The minimum atomic E-state index is -0.692. The molecule has 25 heavy (non-hydrogen) atoms. The van der Waals surface area contributed by atoms with Gasteiger partial charge in [0.25, 0.3) is 0 Å². The van der Waals surface area contributed by atoms with Crippen molar-refractivity contribution in [2.45, 2.75) is 25.8 Å². The summed E-state index contributed by atoms with van der Waals surface area (Å²) in [4.78, 5) is 13.8. The highest BCUT2D eigenvalue weighted by Gasteiger charge is 2.31. The molecule has 2 atom stereocenters. The normalized spacial score (nSPS) is 19.4. The van der Waals surface area contributed by atoms with Gasteiger partial charge in [0.2, 0.25) is 0 Å². The molecule has 132 valence electrons. The van der Waals surface area contributed by atoms with Crippen LogP contribution in [0, 0.1) is 12.8 Å². The van der Waals surface area contributed by atoms with Crippen LogP contribution in [0.1, 0.15) is 35.6 Å². The molecule has 1 fully saturated rings. The Labute approximate surface area is 149 Å². The second-order valence-electron chi connectivity index (χ2n) is 6.70. The van der Waals surface area contributed by atoms with Gasteiger partial charge in [0, 0.05) is 6.54 Å². The van der Waals surface area contributed by atoms with E-state index in [4.69, 9.17) is 4.74 Å². The molecule has 1 N–H and O–H groups in total. The zero-order valence-electron chi connectivity index (χ0n) is 14.8. The lowest BCUT2D eigenvalue weighted by Crippen LogP contribution is -2.41. The quantitative estimate of drug-likeness (QED) is 0.898. The van der Waals surface area contributed by atoms with Gasteiger partial charge in [-0.15, -0.1) is 0 Å². The first-order valence-electron chi connectivity index (χ1n) is 8.76. The molecule has 0 amide bonds. The molecule has 0 saturated carbocycles. The van der Waals surface area contributed by atoms with E-state index in [9.17, 15) is 9.90 Å². The number of rotatable bonds is 5. The Morgan fingerprint density at radius 2 is 1.92 bits per heavy atom. The molecule has 2 unspecified atom stereocenters. The van der Waals surface area contributed by atoms with Gasteiger partial charge in [0.05, 0.1) is 19.1 Å². The van der Waals surface area contributed by atoms with Crippen molar-refractivity contribution in [3.8, 4) is 5.75 Å². The van der Waals surface area contributed by atoms with E-state index in [0.717, 1.165) is 25.1 Å². The number of aliphatic carboxylic acids is 1. The van der Waals surface area contributed by atoms with E-state index in [2.05, 4.69) is 42.2 Å². The Morgan fingerprint density at radius 1 is 1.20 bits per heavy atom. The third-order valence-electron chi connectivity index (χ3n) is 5.08. The van der Waals surface area contributed by atoms with E-state index in [0.29, 0.717) is 6.54 Å². The monoisotopic (exact) mass is 339 g/mol. The minimum absolute atomic E-state index is 0.0641. The van der Waals surface area contributed by atoms with Crippen LogP contribution in [0.5, 0.6) is 5.75 Å². The zero-order chi connectivity index (χ0) is 17.8. The smallest absolute Gasteiger partial charge is 0.307 e. The van der Waals surface area contributed by atoms with Gasteiger partial charge in [-0.1, -0.05) is 36.4 Å². The molecule has 1 heterocycles. The average molecular weight is 339 g/mol. The number of nitrogens with zero attached hydrogens (tertiary/aromatic N) is 1. The molecule has 3 rings (SSSR count). The summed E-state index contributed by atoms with van der Waals surface area (Å²) in [7, 11) is 1.66. The molecule has 0 aliphatic carbocycles. The number of likely N-dealkylation sites (tertiary alicyclic amines) is 1. The maximum Gasteiger partial charge on any atom is 0.307 e. The third kappa shape index (κ3) is 3.85. The Bertz CT molecular complexity index is 726. The fourth-order valence-corrected chi connectivity index (χ4v) is 3.71. The second-order valence-corrected chi connectivity index (χ2v) is 6.70. The van der Waals surface area contributed by atoms with Crippen LogP contribution in [0.25, 0.3) is 0 Å². The summed E-state index contributed by atoms with van der Waals surface area (Å²) in [5.41, 5.74) is 3.63. The molecule has 0 spiro atoms. The highest BCUT2D eigenvalue weighted by Crippen LogP contribution is 2.34. The van der Waals surface area contributed by atoms with Crippen LogP contribution in [-0.2, 0) is 4.79 Å². The Morgan fingerprint density at radius 3 is 2.56 bits per heavy atom. The van der Waals surface area contributed by atoms with Crippen LogP contribution in [0.15, 0.2) is 48.5 Å². The topological polar surface area (TPSA) is 49.8 Å². The maximum absolute atomic E-state index is 11.5. The molecule has 1 aliphatic heterocycles. The first-order valence-corrected chi connectivity index (χ1v) is 8.76. The van der Waals surface area contributed by atoms with Gasteiger partial charge in [0.1, 0.15) is 5.75 Å². The lowest BCUT2D eigenvalue weighted by Gasteiger charge is -2.38. The van der Waals surface area contributed by atoms with Gasteiger partial charge in [-0.2, -0.15) is 0 Å². The summed E-state index contributed by atoms with van der Waals surface area (Å²) in [6, 6.07) is 16.5. The Hall–Kier alpha value is -2.33. The van der Waals surface area contributed by atoms with Gasteiger partial charge in [-0.05, 0) is 55.1 Å². The average Bonchev–Trinajstić information content (AvgIpc) is 2.64. The number of carbonyl (C=O) groups is 1. The van der Waals surface area contributed by atoms with Gasteiger partial charge in [0.15, 0.2) is 0 Å². The van der Waals surface area contributed by atoms with E-state index in [1.165, 1.54) is 16.7 Å². The van der Waals surface area contributed by atoms with E-state index < -0.39 is 5.97 Å². The molecular weight excluding hydrogens is 314 g/mol. The van der Waals surface area contributed by atoms with E-state index in [1.54, 1.807) is 7.11 Å². The number of methoxy groups -OCH3 is 1. The Balaban J connectivity index is 1.99. The molecule has 2 aromatic carbocycles. The van der Waals surface area contributed by atoms with Crippen molar-refractivity contribution in [2.75, 3.05) is 20.2 Å². The van der Waals surface area contributed by atoms with Crippen LogP contribution in [0.4, 0.5) is 0 Å². The number of aryl methyl sites for hydroxylation is 1. The predicted molar refractivity (Wildman–Crippen MR) is 97.9 cm³/mol. The molecular formula is C21H25NO3. The lowest BCUT2D eigenvalue weighted by molar-refractivity contribution is -0.143. The molecule has 0 bridgehead atoms. The van der Waals surface area contributed by atoms with Crippen LogP contribution in [-0.4, -0.2) is 36.2 Å². The van der Waals surface area contributed by atoms with Crippen molar-refractivity contribution in [2.24, 2.45) is 5.92 Å². The second kappa shape index (κ2) is 7.70. The van der Waals surface area contributed by atoms with Crippen molar-refractivity contribution in [1.82, 2.24) is 4.90 Å². The summed E-state index contributed by atoms with van der Waals surface area (Å²) in [6.07, 6.45) is 1.67. The first kappa shape index (κ1) is 17.5. The molecule has 0 radical (unpaired) electrons. The standard InChI is InChI=1S/C21H25NO3/c1-15-6-3-4-8-19(15)20(16-9-11-18(25-2)12-10-16)22-13-5-7-17(14-22)21(23)24/h3-4,6,8-12,17,20H,5,7,13-14H2,1-2H3,(H,23,24). The van der Waals surface area contributed by atoms with Gasteiger partial charge in [-0.3, -0.25) is 9.69 Å². The number of benzene rings is 2. The van der Waals surface area contributed by atoms with Crippen LogP contribution in [0.3, 0.4) is 0 Å². The van der Waals surface area contributed by atoms with Crippen LogP contribution < -0.4 is 4.74 Å². The van der Waals surface area contributed by atoms with Gasteiger partial charge < -0.3 is 9.84 Å². The summed E-state index contributed by atoms with van der Waals surface area (Å²) >= 11 is 0. The fraction of sp³-hybridized carbons (Fsp3) is 0.381. The summed E-state index contributed by atoms with van der Waals surface area (Å²) in [6.45, 7) is 3.61. The molecule has 4 nitrogen and oxygen atoms in total. The predicted octanol–water partition coefficient (Wildman–Crippen LogP) is 3.89. The van der Waals surface area contributed by atoms with Gasteiger partial charge in [-0.25, -0.2) is 0 Å². The van der Waals surface area contributed by atoms with Crippen molar-refractivity contribution >= 4 is 5.97 Å². The molecule has 1 saturated heterocycles. The van der Waals surface area contributed by atoms with E-state index in [-0.39, 0.29) is 12.0 Å². The molecule has 0 aromatic heterocycles. The maximum atomic E-state index is 11.5. The summed E-state index contributed by atoms with van der Waals surface area (Å²) in [5.74, 6) is -0.157. The van der Waals surface area contributed by atoms with Crippen molar-refractivity contribution in [1.29, 1.82) is 0 Å². The van der Waals surface area contributed by atoms with E-state index >= 15 is 0 Å². The number of piperidine rings is 1. The number of carboxylic acids is 1. The van der Waals surface area contributed by atoms with Crippen molar-refractivity contribution < 1.29 is 14.6 Å². The van der Waals surface area contributed by atoms with Crippen molar-refractivity contribution in [3.05, 3.63) is 65.2 Å². The summed E-state index contributed by atoms with van der Waals surface area (Å²) in [5, 5.41) is 9.46. The first-order chi connectivity index (χ1) is 12.1. The number of ether oxygens (including phenoxy) is 1. The molecule has 1 aliphatic rings. The number of hydrogen-bond acceptors (Lipinski definition) is 3. The third-order valence-corrected chi connectivity index (χ3v) is 5.08. The summed E-state index contributed by atoms with van der Waals surface area (Å²) < 4.78 is 5.28. The highest BCUT2D eigenvalue weighted by atomic mass is 16.5. The fourth-order valence-electron chi connectivity index (χ4n) is 3.71. The van der Waals surface area contributed by atoms with Crippen LogP contribution in [0.2, 0.25) is 0 Å². The minimum Gasteiger partial charge on any atom is -0.497 e. The largest absolute Gasteiger partial charge is 0.497 e. The lowest BCUT2D eigenvalue weighted by atomic mass is 9.89.